The van der Waals surface area contributed by atoms with Crippen molar-refractivity contribution in [1.29, 1.82) is 0 Å². The Hall–Kier alpha value is -3.18. The molecule has 0 bridgehead atoms. The first kappa shape index (κ1) is 22.5. The van der Waals surface area contributed by atoms with Crippen LogP contribution in [0.4, 0.5) is 4.39 Å². The maximum atomic E-state index is 13.3. The van der Waals surface area contributed by atoms with Gasteiger partial charge in [0.15, 0.2) is 0 Å². The second kappa shape index (κ2) is 10.7. The highest BCUT2D eigenvalue weighted by Crippen LogP contribution is 2.14. The van der Waals surface area contributed by atoms with Gasteiger partial charge in [0.2, 0.25) is 11.8 Å². The quantitative estimate of drug-likeness (QED) is 0.551. The van der Waals surface area contributed by atoms with Crippen molar-refractivity contribution < 1.29 is 14.0 Å². The number of rotatable bonds is 8. The van der Waals surface area contributed by atoms with Crippen LogP contribution in [-0.4, -0.2) is 22.8 Å². The van der Waals surface area contributed by atoms with Crippen LogP contribution < -0.4 is 5.32 Å². The van der Waals surface area contributed by atoms with Crippen molar-refractivity contribution in [1.82, 2.24) is 10.2 Å². The molecule has 6 heteroatoms. The molecule has 160 valence electrons. The molecule has 0 saturated carbocycles. The van der Waals surface area contributed by atoms with Gasteiger partial charge in [-0.15, -0.1) is 0 Å². The molecule has 0 spiro atoms. The first-order valence-corrected chi connectivity index (χ1v) is 10.4. The van der Waals surface area contributed by atoms with Crippen molar-refractivity contribution in [3.63, 3.8) is 0 Å². The highest BCUT2D eigenvalue weighted by Gasteiger charge is 2.26. The second-order valence-electron chi connectivity index (χ2n) is 7.33. The Morgan fingerprint density at radius 3 is 2.16 bits per heavy atom. The molecule has 1 atom stereocenters. The summed E-state index contributed by atoms with van der Waals surface area (Å²) in [5, 5.41) is 3.50. The van der Waals surface area contributed by atoms with Gasteiger partial charge in [0, 0.05) is 18.1 Å². The fourth-order valence-electron chi connectivity index (χ4n) is 3.18. The smallest absolute Gasteiger partial charge is 0.242 e. The molecule has 0 radical (unpaired) electrons. The van der Waals surface area contributed by atoms with Gasteiger partial charge in [-0.25, -0.2) is 4.39 Å². The zero-order valence-electron chi connectivity index (χ0n) is 17.2. The molecule has 0 saturated heterocycles. The normalized spacial score (nSPS) is 11.6. The maximum absolute atomic E-state index is 13.3. The number of hydrogen-bond acceptors (Lipinski definition) is 2. The van der Waals surface area contributed by atoms with E-state index in [0.29, 0.717) is 11.6 Å². The molecule has 3 aromatic rings. The minimum Gasteiger partial charge on any atom is -0.350 e. The topological polar surface area (TPSA) is 49.4 Å². The van der Waals surface area contributed by atoms with E-state index in [9.17, 15) is 14.0 Å². The molecule has 0 aliphatic carbocycles. The highest BCUT2D eigenvalue weighted by molar-refractivity contribution is 6.30. The van der Waals surface area contributed by atoms with E-state index >= 15 is 0 Å². The Balaban J connectivity index is 1.72. The Morgan fingerprint density at radius 2 is 1.52 bits per heavy atom. The maximum Gasteiger partial charge on any atom is 0.242 e. The first-order valence-electron chi connectivity index (χ1n) is 10.0. The number of benzene rings is 3. The molecule has 0 unspecified atom stereocenters. The second-order valence-corrected chi connectivity index (χ2v) is 7.77. The fraction of sp³-hybridized carbons (Fsp3) is 0.200. The summed E-state index contributed by atoms with van der Waals surface area (Å²) in [6.45, 7) is 2.24. The molecule has 1 N–H and O–H groups in total. The van der Waals surface area contributed by atoms with E-state index in [0.717, 1.165) is 16.7 Å². The van der Waals surface area contributed by atoms with Crippen molar-refractivity contribution in [2.24, 2.45) is 0 Å². The molecule has 0 aliphatic heterocycles. The molecule has 4 nitrogen and oxygen atoms in total. The van der Waals surface area contributed by atoms with Crippen LogP contribution in [0.2, 0.25) is 5.02 Å². The summed E-state index contributed by atoms with van der Waals surface area (Å²) in [5.74, 6) is -0.789. The van der Waals surface area contributed by atoms with Gasteiger partial charge in [0.05, 0.1) is 6.42 Å². The number of hydrogen-bond donors (Lipinski definition) is 1. The summed E-state index contributed by atoms with van der Waals surface area (Å²) in [7, 11) is 0. The van der Waals surface area contributed by atoms with Crippen molar-refractivity contribution in [3.05, 3.63) is 106 Å². The van der Waals surface area contributed by atoms with Crippen molar-refractivity contribution in [3.8, 4) is 0 Å². The lowest BCUT2D eigenvalue weighted by atomic mass is 10.1. The Kier molecular flexibility index (Phi) is 7.79. The summed E-state index contributed by atoms with van der Waals surface area (Å²) in [6.07, 6.45) is 0.177. The average Bonchev–Trinajstić information content (AvgIpc) is 2.78. The van der Waals surface area contributed by atoms with E-state index < -0.39 is 6.04 Å². The molecule has 0 aliphatic rings. The Labute approximate surface area is 186 Å². The first-order chi connectivity index (χ1) is 14.9. The molecule has 3 rings (SSSR count). The van der Waals surface area contributed by atoms with Crippen molar-refractivity contribution >= 4 is 23.4 Å². The van der Waals surface area contributed by atoms with Gasteiger partial charge in [-0.3, -0.25) is 9.59 Å². The lowest BCUT2D eigenvalue weighted by Gasteiger charge is -2.29. The van der Waals surface area contributed by atoms with Crippen LogP contribution in [0.1, 0.15) is 23.6 Å². The fourth-order valence-corrected chi connectivity index (χ4v) is 3.31. The summed E-state index contributed by atoms with van der Waals surface area (Å²) >= 11 is 5.90. The lowest BCUT2D eigenvalue weighted by Crippen LogP contribution is -2.48. The molecular weight excluding hydrogens is 415 g/mol. The molecule has 31 heavy (non-hydrogen) atoms. The molecule has 0 aromatic heterocycles. The van der Waals surface area contributed by atoms with Crippen LogP contribution in [0.25, 0.3) is 0 Å². The summed E-state index contributed by atoms with van der Waals surface area (Å²) < 4.78 is 13.3. The van der Waals surface area contributed by atoms with Crippen LogP contribution in [0.15, 0.2) is 78.9 Å². The van der Waals surface area contributed by atoms with Gasteiger partial charge in [-0.05, 0) is 47.9 Å². The third kappa shape index (κ3) is 6.66. The third-order valence-electron chi connectivity index (χ3n) is 5.01. The predicted molar refractivity (Wildman–Crippen MR) is 120 cm³/mol. The predicted octanol–water partition coefficient (Wildman–Crippen LogP) is 4.76. The standard InChI is InChI=1S/C25H24ClFN2O2/c1-18(25(31)28-16-20-7-11-22(26)12-8-20)29(17-21-9-13-23(27)14-10-21)24(30)15-19-5-3-2-4-6-19/h2-14,18H,15-17H2,1H3,(H,28,31)/t18-/m0/s1. The number of halogens is 2. The number of nitrogens with zero attached hydrogens (tertiary/aromatic N) is 1. The third-order valence-corrected chi connectivity index (χ3v) is 5.26. The van der Waals surface area contributed by atoms with Crippen LogP contribution in [-0.2, 0) is 29.1 Å². The lowest BCUT2D eigenvalue weighted by molar-refractivity contribution is -0.140. The van der Waals surface area contributed by atoms with Gasteiger partial charge < -0.3 is 10.2 Å². The number of amides is 2. The van der Waals surface area contributed by atoms with Gasteiger partial charge in [-0.2, -0.15) is 0 Å². The highest BCUT2D eigenvalue weighted by atomic mass is 35.5. The van der Waals surface area contributed by atoms with E-state index in [-0.39, 0.29) is 30.6 Å². The van der Waals surface area contributed by atoms with Crippen LogP contribution in [0.3, 0.4) is 0 Å². The van der Waals surface area contributed by atoms with E-state index in [2.05, 4.69) is 5.32 Å². The summed E-state index contributed by atoms with van der Waals surface area (Å²) in [4.78, 5) is 27.5. The van der Waals surface area contributed by atoms with E-state index in [4.69, 9.17) is 11.6 Å². The molecular formula is C25H24ClFN2O2. The molecule has 2 amide bonds. The summed E-state index contributed by atoms with van der Waals surface area (Å²) in [5.41, 5.74) is 2.52. The summed E-state index contributed by atoms with van der Waals surface area (Å²) in [6, 6.07) is 21.8. The van der Waals surface area contributed by atoms with Gasteiger partial charge in [0.25, 0.3) is 0 Å². The molecule has 0 fully saturated rings. The number of carbonyl (C=O) groups excluding carboxylic acids is 2. The average molecular weight is 439 g/mol. The number of nitrogens with one attached hydrogen (secondary N) is 1. The van der Waals surface area contributed by atoms with E-state index in [1.54, 1.807) is 31.2 Å². The van der Waals surface area contributed by atoms with Gasteiger partial charge >= 0.3 is 0 Å². The van der Waals surface area contributed by atoms with Crippen LogP contribution >= 0.6 is 11.6 Å². The zero-order valence-corrected chi connectivity index (χ0v) is 18.0. The largest absolute Gasteiger partial charge is 0.350 e. The van der Waals surface area contributed by atoms with E-state index in [1.165, 1.54) is 17.0 Å². The Bertz CT molecular complexity index is 1010. The van der Waals surface area contributed by atoms with E-state index in [1.807, 2.05) is 42.5 Å². The minimum atomic E-state index is -0.700. The van der Waals surface area contributed by atoms with Gasteiger partial charge in [-0.1, -0.05) is 66.2 Å². The minimum absolute atomic E-state index is 0.176. The van der Waals surface area contributed by atoms with Crippen molar-refractivity contribution in [2.45, 2.75) is 32.5 Å². The van der Waals surface area contributed by atoms with Crippen LogP contribution in [0.5, 0.6) is 0 Å². The molecule has 3 aromatic carbocycles. The number of carbonyl (C=O) groups is 2. The monoisotopic (exact) mass is 438 g/mol. The SMILES string of the molecule is C[C@@H](C(=O)NCc1ccc(Cl)cc1)N(Cc1ccc(F)cc1)C(=O)Cc1ccccc1. The van der Waals surface area contributed by atoms with Gasteiger partial charge in [0.1, 0.15) is 11.9 Å². The Morgan fingerprint density at radius 1 is 0.903 bits per heavy atom. The zero-order chi connectivity index (χ0) is 22.2. The molecule has 0 heterocycles. The van der Waals surface area contributed by atoms with Crippen molar-refractivity contribution in [2.75, 3.05) is 0 Å². The van der Waals surface area contributed by atoms with Crippen LogP contribution in [0, 0.1) is 5.82 Å².